The van der Waals surface area contributed by atoms with Gasteiger partial charge in [0, 0.05) is 5.56 Å². The Labute approximate surface area is 117 Å². The lowest BCUT2D eigenvalue weighted by atomic mass is 10.2. The Kier molecular flexibility index (Phi) is 2.91. The molecule has 0 aliphatic heterocycles. The molecule has 0 aliphatic rings. The van der Waals surface area contributed by atoms with Gasteiger partial charge in [0.25, 0.3) is 0 Å². The molecule has 0 saturated heterocycles. The Morgan fingerprint density at radius 3 is 2.85 bits per heavy atom. The SMILES string of the molecule is O=C(O)c1ccc2nc(-c3cccc(F)c3Cl)[nH]c2c1. The molecule has 6 heteroatoms. The minimum atomic E-state index is -1.02. The van der Waals surface area contributed by atoms with Crippen LogP contribution in [0.5, 0.6) is 0 Å². The fourth-order valence-corrected chi connectivity index (χ4v) is 2.17. The van der Waals surface area contributed by atoms with Crippen molar-refractivity contribution >= 4 is 28.6 Å². The van der Waals surface area contributed by atoms with E-state index >= 15 is 0 Å². The summed E-state index contributed by atoms with van der Waals surface area (Å²) in [6, 6.07) is 8.96. The molecule has 0 bridgehead atoms. The predicted octanol–water partition coefficient (Wildman–Crippen LogP) is 3.72. The van der Waals surface area contributed by atoms with Crippen LogP contribution >= 0.6 is 11.6 Å². The molecule has 0 fully saturated rings. The number of hydrogen-bond acceptors (Lipinski definition) is 2. The second-order valence-electron chi connectivity index (χ2n) is 4.22. The highest BCUT2D eigenvalue weighted by Gasteiger charge is 2.13. The second kappa shape index (κ2) is 4.61. The zero-order valence-electron chi connectivity index (χ0n) is 10.0. The van der Waals surface area contributed by atoms with Crippen LogP contribution in [0.4, 0.5) is 4.39 Å². The van der Waals surface area contributed by atoms with Gasteiger partial charge in [0.15, 0.2) is 0 Å². The monoisotopic (exact) mass is 290 g/mol. The van der Waals surface area contributed by atoms with Crippen LogP contribution in [0.3, 0.4) is 0 Å². The van der Waals surface area contributed by atoms with Gasteiger partial charge in [0.2, 0.25) is 0 Å². The van der Waals surface area contributed by atoms with E-state index < -0.39 is 11.8 Å². The van der Waals surface area contributed by atoms with Gasteiger partial charge in [-0.2, -0.15) is 0 Å². The average molecular weight is 291 g/mol. The molecule has 0 spiro atoms. The molecule has 0 saturated carbocycles. The maximum atomic E-state index is 13.4. The van der Waals surface area contributed by atoms with Crippen LogP contribution in [0, 0.1) is 5.82 Å². The molecule has 0 radical (unpaired) electrons. The van der Waals surface area contributed by atoms with E-state index in [0.717, 1.165) is 0 Å². The van der Waals surface area contributed by atoms with Crippen molar-refractivity contribution in [2.45, 2.75) is 0 Å². The molecule has 3 rings (SSSR count). The number of nitrogens with one attached hydrogen (secondary N) is 1. The summed E-state index contributed by atoms with van der Waals surface area (Å²) in [4.78, 5) is 18.2. The van der Waals surface area contributed by atoms with Crippen LogP contribution < -0.4 is 0 Å². The molecule has 0 aliphatic carbocycles. The Bertz CT molecular complexity index is 829. The number of carboxylic acid groups (broad SMARTS) is 1. The van der Waals surface area contributed by atoms with E-state index in [0.29, 0.717) is 22.4 Å². The van der Waals surface area contributed by atoms with Crippen molar-refractivity contribution in [3.63, 3.8) is 0 Å². The van der Waals surface area contributed by atoms with Crippen molar-refractivity contribution in [1.82, 2.24) is 9.97 Å². The van der Waals surface area contributed by atoms with Gasteiger partial charge >= 0.3 is 5.97 Å². The van der Waals surface area contributed by atoms with Crippen molar-refractivity contribution in [1.29, 1.82) is 0 Å². The highest BCUT2D eigenvalue weighted by atomic mass is 35.5. The molecule has 20 heavy (non-hydrogen) atoms. The zero-order valence-corrected chi connectivity index (χ0v) is 10.8. The summed E-state index contributed by atoms with van der Waals surface area (Å²) in [6.07, 6.45) is 0. The highest BCUT2D eigenvalue weighted by molar-refractivity contribution is 6.33. The largest absolute Gasteiger partial charge is 0.478 e. The van der Waals surface area contributed by atoms with Gasteiger partial charge in [0.1, 0.15) is 11.6 Å². The lowest BCUT2D eigenvalue weighted by molar-refractivity contribution is 0.0697. The van der Waals surface area contributed by atoms with Crippen molar-refractivity contribution < 1.29 is 14.3 Å². The molecule has 1 heterocycles. The van der Waals surface area contributed by atoms with Gasteiger partial charge in [-0.25, -0.2) is 14.2 Å². The Balaban J connectivity index is 2.18. The minimum Gasteiger partial charge on any atom is -0.478 e. The number of benzene rings is 2. The summed E-state index contributed by atoms with van der Waals surface area (Å²) in [5.74, 6) is -1.16. The number of hydrogen-bond donors (Lipinski definition) is 2. The normalized spacial score (nSPS) is 10.9. The van der Waals surface area contributed by atoms with E-state index in [1.807, 2.05) is 0 Å². The maximum absolute atomic E-state index is 13.4. The number of rotatable bonds is 2. The summed E-state index contributed by atoms with van der Waals surface area (Å²) in [5, 5.41) is 8.92. The van der Waals surface area contributed by atoms with Crippen molar-refractivity contribution in [3.8, 4) is 11.4 Å². The number of aromatic nitrogens is 2. The highest BCUT2D eigenvalue weighted by Crippen LogP contribution is 2.29. The molecule has 1 aromatic heterocycles. The average Bonchev–Trinajstić information content (AvgIpc) is 2.84. The Morgan fingerprint density at radius 1 is 1.30 bits per heavy atom. The van der Waals surface area contributed by atoms with Crippen molar-refractivity contribution in [2.24, 2.45) is 0 Å². The summed E-state index contributed by atoms with van der Waals surface area (Å²) in [6.45, 7) is 0. The summed E-state index contributed by atoms with van der Waals surface area (Å²) in [7, 11) is 0. The maximum Gasteiger partial charge on any atom is 0.335 e. The molecule has 3 aromatic rings. The van der Waals surface area contributed by atoms with Crippen LogP contribution in [0.25, 0.3) is 22.4 Å². The van der Waals surface area contributed by atoms with Crippen LogP contribution in [0.1, 0.15) is 10.4 Å². The fourth-order valence-electron chi connectivity index (χ4n) is 1.96. The van der Waals surface area contributed by atoms with Crippen LogP contribution in [-0.4, -0.2) is 21.0 Å². The van der Waals surface area contributed by atoms with Crippen LogP contribution in [-0.2, 0) is 0 Å². The molecular weight excluding hydrogens is 283 g/mol. The Morgan fingerprint density at radius 2 is 2.10 bits per heavy atom. The molecule has 0 unspecified atom stereocenters. The molecule has 100 valence electrons. The van der Waals surface area contributed by atoms with Crippen LogP contribution in [0.2, 0.25) is 5.02 Å². The smallest absolute Gasteiger partial charge is 0.335 e. The van der Waals surface area contributed by atoms with E-state index in [4.69, 9.17) is 16.7 Å². The van der Waals surface area contributed by atoms with Crippen LogP contribution in [0.15, 0.2) is 36.4 Å². The van der Waals surface area contributed by atoms with Crippen molar-refractivity contribution in [3.05, 3.63) is 52.8 Å². The zero-order chi connectivity index (χ0) is 14.3. The molecule has 0 atom stereocenters. The standard InChI is InChI=1S/C14H8ClFN2O2/c15-12-8(2-1-3-9(12)16)13-17-10-5-4-7(14(19)20)6-11(10)18-13/h1-6H,(H,17,18)(H,19,20). The Hall–Kier alpha value is -2.40. The molecule has 2 N–H and O–H groups in total. The minimum absolute atomic E-state index is 0.0231. The number of nitrogens with zero attached hydrogens (tertiary/aromatic N) is 1. The first-order chi connectivity index (χ1) is 9.56. The van der Waals surface area contributed by atoms with Gasteiger partial charge in [-0.05, 0) is 30.3 Å². The van der Waals surface area contributed by atoms with Crippen molar-refractivity contribution in [2.75, 3.05) is 0 Å². The fraction of sp³-hybridized carbons (Fsp3) is 0. The second-order valence-corrected chi connectivity index (χ2v) is 4.60. The topological polar surface area (TPSA) is 66.0 Å². The summed E-state index contributed by atoms with van der Waals surface area (Å²) < 4.78 is 13.4. The van der Waals surface area contributed by atoms with E-state index in [-0.39, 0.29) is 10.6 Å². The number of halogens is 2. The first kappa shape index (κ1) is 12.6. The lowest BCUT2D eigenvalue weighted by Gasteiger charge is -2.00. The first-order valence-corrected chi connectivity index (χ1v) is 6.11. The molecule has 2 aromatic carbocycles. The molecule has 4 nitrogen and oxygen atoms in total. The van der Waals surface area contributed by atoms with Gasteiger partial charge in [-0.15, -0.1) is 0 Å². The molecular formula is C14H8ClFN2O2. The lowest BCUT2D eigenvalue weighted by Crippen LogP contribution is -1.94. The third kappa shape index (κ3) is 2.02. The number of aromatic carboxylic acids is 1. The summed E-state index contributed by atoms with van der Waals surface area (Å²) in [5.41, 5.74) is 1.73. The van der Waals surface area contributed by atoms with Gasteiger partial charge in [-0.3, -0.25) is 0 Å². The van der Waals surface area contributed by atoms with Gasteiger partial charge < -0.3 is 10.1 Å². The predicted molar refractivity (Wildman–Crippen MR) is 73.5 cm³/mol. The third-order valence-corrected chi connectivity index (χ3v) is 3.32. The molecule has 0 amide bonds. The number of carboxylic acids is 1. The summed E-state index contributed by atoms with van der Waals surface area (Å²) >= 11 is 5.91. The quantitative estimate of drug-likeness (QED) is 0.756. The van der Waals surface area contributed by atoms with Gasteiger partial charge in [-0.1, -0.05) is 17.7 Å². The third-order valence-electron chi connectivity index (χ3n) is 2.94. The first-order valence-electron chi connectivity index (χ1n) is 5.73. The van der Waals surface area contributed by atoms with E-state index in [9.17, 15) is 9.18 Å². The number of carbonyl (C=O) groups is 1. The number of H-pyrrole nitrogens is 1. The number of imidazole rings is 1. The van der Waals surface area contributed by atoms with Gasteiger partial charge in [0.05, 0.1) is 21.6 Å². The van der Waals surface area contributed by atoms with E-state index in [2.05, 4.69) is 9.97 Å². The van der Waals surface area contributed by atoms with E-state index in [1.54, 1.807) is 12.1 Å². The number of fused-ring (bicyclic) bond motifs is 1. The number of aromatic amines is 1. The van der Waals surface area contributed by atoms with E-state index in [1.165, 1.54) is 24.3 Å².